The molecule has 126 valence electrons. The summed E-state index contributed by atoms with van der Waals surface area (Å²) in [6.45, 7) is 4.47. The van der Waals surface area contributed by atoms with Gasteiger partial charge in [0, 0.05) is 18.1 Å². The summed E-state index contributed by atoms with van der Waals surface area (Å²) in [5.41, 5.74) is 5.41. The molecule has 0 fully saturated rings. The first-order valence-electron chi connectivity index (χ1n) is 8.09. The molecule has 2 aromatic heterocycles. The molecule has 0 spiro atoms. The number of carbonyl (C=O) groups is 1. The first-order chi connectivity index (χ1) is 12.1. The maximum atomic E-state index is 12.3. The molecule has 0 unspecified atom stereocenters. The predicted molar refractivity (Wildman–Crippen MR) is 98.8 cm³/mol. The van der Waals surface area contributed by atoms with Crippen LogP contribution in [0.25, 0.3) is 0 Å². The zero-order valence-corrected chi connectivity index (χ0v) is 14.3. The van der Waals surface area contributed by atoms with Crippen LogP contribution in [0.3, 0.4) is 0 Å². The Labute approximate surface area is 147 Å². The van der Waals surface area contributed by atoms with Gasteiger partial charge < -0.3 is 10.6 Å². The number of carbonyl (C=O) groups excluding carboxylic acids is 1. The minimum absolute atomic E-state index is 0.178. The Morgan fingerprint density at radius 1 is 1.08 bits per heavy atom. The van der Waals surface area contributed by atoms with Crippen molar-refractivity contribution < 1.29 is 4.79 Å². The third-order valence-electron chi connectivity index (χ3n) is 3.83. The summed E-state index contributed by atoms with van der Waals surface area (Å²) in [6.07, 6.45) is 4.97. The first-order valence-corrected chi connectivity index (χ1v) is 8.09. The van der Waals surface area contributed by atoms with Gasteiger partial charge in [-0.3, -0.25) is 14.8 Å². The maximum absolute atomic E-state index is 12.3. The summed E-state index contributed by atoms with van der Waals surface area (Å²) in [5, 5.41) is 6.18. The SMILES string of the molecule is Cc1ccc(C)c(Nc2cncc(C(=O)NCc3ccccn3)c2)c1. The lowest BCUT2D eigenvalue weighted by molar-refractivity contribution is 0.0950. The Morgan fingerprint density at radius 2 is 1.96 bits per heavy atom. The van der Waals surface area contributed by atoms with Gasteiger partial charge in [-0.25, -0.2) is 0 Å². The van der Waals surface area contributed by atoms with Crippen molar-refractivity contribution in [2.75, 3.05) is 5.32 Å². The van der Waals surface area contributed by atoms with Gasteiger partial charge in [-0.05, 0) is 49.2 Å². The number of rotatable bonds is 5. The van der Waals surface area contributed by atoms with E-state index in [2.05, 4.69) is 38.8 Å². The lowest BCUT2D eigenvalue weighted by Crippen LogP contribution is -2.23. The van der Waals surface area contributed by atoms with Crippen LogP contribution in [0.5, 0.6) is 0 Å². The van der Waals surface area contributed by atoms with E-state index in [1.165, 1.54) is 5.56 Å². The number of nitrogens with one attached hydrogen (secondary N) is 2. The number of hydrogen-bond acceptors (Lipinski definition) is 4. The van der Waals surface area contributed by atoms with E-state index in [0.29, 0.717) is 12.1 Å². The largest absolute Gasteiger partial charge is 0.354 e. The number of nitrogens with zero attached hydrogens (tertiary/aromatic N) is 2. The predicted octanol–water partition coefficient (Wildman–Crippen LogP) is 3.77. The van der Waals surface area contributed by atoms with Gasteiger partial charge in [0.1, 0.15) is 0 Å². The average molecular weight is 332 g/mol. The Balaban J connectivity index is 1.70. The minimum Gasteiger partial charge on any atom is -0.354 e. The number of pyridine rings is 2. The molecule has 0 radical (unpaired) electrons. The van der Waals surface area contributed by atoms with Crippen molar-refractivity contribution in [2.45, 2.75) is 20.4 Å². The number of aromatic nitrogens is 2. The molecule has 2 N–H and O–H groups in total. The van der Waals surface area contributed by atoms with Crippen LogP contribution in [-0.4, -0.2) is 15.9 Å². The molecule has 25 heavy (non-hydrogen) atoms. The van der Waals surface area contributed by atoms with E-state index in [1.54, 1.807) is 24.7 Å². The molecule has 0 aliphatic carbocycles. The van der Waals surface area contributed by atoms with Crippen LogP contribution in [0.15, 0.2) is 61.1 Å². The molecular formula is C20H20N4O. The molecular weight excluding hydrogens is 312 g/mol. The number of hydrogen-bond donors (Lipinski definition) is 2. The van der Waals surface area contributed by atoms with Gasteiger partial charge in [0.15, 0.2) is 0 Å². The van der Waals surface area contributed by atoms with Crippen molar-refractivity contribution in [1.29, 1.82) is 0 Å². The second-order valence-corrected chi connectivity index (χ2v) is 5.91. The van der Waals surface area contributed by atoms with Crippen LogP contribution >= 0.6 is 0 Å². The van der Waals surface area contributed by atoms with Gasteiger partial charge in [0.05, 0.1) is 29.7 Å². The van der Waals surface area contributed by atoms with Gasteiger partial charge >= 0.3 is 0 Å². The van der Waals surface area contributed by atoms with Crippen LogP contribution < -0.4 is 10.6 Å². The Kier molecular flexibility index (Phi) is 5.04. The highest BCUT2D eigenvalue weighted by Crippen LogP contribution is 2.21. The summed E-state index contributed by atoms with van der Waals surface area (Å²) < 4.78 is 0. The van der Waals surface area contributed by atoms with Crippen molar-refractivity contribution in [3.05, 3.63) is 83.4 Å². The maximum Gasteiger partial charge on any atom is 0.253 e. The molecule has 3 aromatic rings. The highest BCUT2D eigenvalue weighted by atomic mass is 16.1. The molecule has 0 saturated heterocycles. The number of aryl methyl sites for hydroxylation is 2. The molecule has 5 nitrogen and oxygen atoms in total. The van der Waals surface area contributed by atoms with E-state index in [1.807, 2.05) is 32.0 Å². The van der Waals surface area contributed by atoms with Crippen molar-refractivity contribution in [3.63, 3.8) is 0 Å². The van der Waals surface area contributed by atoms with Crippen LogP contribution in [0.1, 0.15) is 27.2 Å². The van der Waals surface area contributed by atoms with Crippen molar-refractivity contribution in [3.8, 4) is 0 Å². The molecule has 2 heterocycles. The highest BCUT2D eigenvalue weighted by molar-refractivity contribution is 5.94. The van der Waals surface area contributed by atoms with Crippen molar-refractivity contribution in [1.82, 2.24) is 15.3 Å². The molecule has 1 amide bonds. The third kappa shape index (κ3) is 4.41. The molecule has 0 bridgehead atoms. The van der Waals surface area contributed by atoms with E-state index in [4.69, 9.17) is 0 Å². The van der Waals surface area contributed by atoms with E-state index < -0.39 is 0 Å². The number of amides is 1. The molecule has 0 saturated carbocycles. The lowest BCUT2D eigenvalue weighted by Gasteiger charge is -2.11. The lowest BCUT2D eigenvalue weighted by atomic mass is 10.1. The van der Waals surface area contributed by atoms with Crippen LogP contribution in [0, 0.1) is 13.8 Å². The second kappa shape index (κ2) is 7.57. The fraction of sp³-hybridized carbons (Fsp3) is 0.150. The molecule has 5 heteroatoms. The summed E-state index contributed by atoms with van der Waals surface area (Å²) in [6, 6.07) is 13.6. The smallest absolute Gasteiger partial charge is 0.253 e. The van der Waals surface area contributed by atoms with Crippen LogP contribution in [0.2, 0.25) is 0 Å². The van der Waals surface area contributed by atoms with Gasteiger partial charge in [-0.1, -0.05) is 18.2 Å². The number of anilines is 2. The van der Waals surface area contributed by atoms with E-state index in [0.717, 1.165) is 22.6 Å². The minimum atomic E-state index is -0.178. The van der Waals surface area contributed by atoms with Gasteiger partial charge in [-0.2, -0.15) is 0 Å². The first kappa shape index (κ1) is 16.6. The Bertz CT molecular complexity index is 878. The van der Waals surface area contributed by atoms with Crippen molar-refractivity contribution >= 4 is 17.3 Å². The van der Waals surface area contributed by atoms with Crippen LogP contribution in [-0.2, 0) is 6.54 Å². The van der Waals surface area contributed by atoms with Gasteiger partial charge in [0.25, 0.3) is 5.91 Å². The fourth-order valence-electron chi connectivity index (χ4n) is 2.43. The van der Waals surface area contributed by atoms with Crippen molar-refractivity contribution in [2.24, 2.45) is 0 Å². The van der Waals surface area contributed by atoms with Gasteiger partial charge in [0.2, 0.25) is 0 Å². The van der Waals surface area contributed by atoms with E-state index >= 15 is 0 Å². The second-order valence-electron chi connectivity index (χ2n) is 5.91. The molecule has 1 aromatic carbocycles. The third-order valence-corrected chi connectivity index (χ3v) is 3.83. The average Bonchev–Trinajstić information content (AvgIpc) is 2.64. The molecule has 0 atom stereocenters. The highest BCUT2D eigenvalue weighted by Gasteiger charge is 2.08. The quantitative estimate of drug-likeness (QED) is 0.746. The normalized spacial score (nSPS) is 10.3. The summed E-state index contributed by atoms with van der Waals surface area (Å²) in [4.78, 5) is 20.7. The zero-order chi connectivity index (χ0) is 17.6. The fourth-order valence-corrected chi connectivity index (χ4v) is 2.43. The molecule has 0 aliphatic rings. The zero-order valence-electron chi connectivity index (χ0n) is 14.3. The van der Waals surface area contributed by atoms with E-state index in [9.17, 15) is 4.79 Å². The number of benzene rings is 1. The summed E-state index contributed by atoms with van der Waals surface area (Å²) in [5.74, 6) is -0.178. The monoisotopic (exact) mass is 332 g/mol. The Hall–Kier alpha value is -3.21. The molecule has 3 rings (SSSR count). The Morgan fingerprint density at radius 3 is 2.76 bits per heavy atom. The summed E-state index contributed by atoms with van der Waals surface area (Å²) >= 11 is 0. The topological polar surface area (TPSA) is 66.9 Å². The molecule has 0 aliphatic heterocycles. The van der Waals surface area contributed by atoms with E-state index in [-0.39, 0.29) is 5.91 Å². The standard InChI is InChI=1S/C20H20N4O/c1-14-6-7-15(2)19(9-14)24-18-10-16(11-21-12-18)20(25)23-13-17-5-3-4-8-22-17/h3-12,24H,13H2,1-2H3,(H,23,25). The summed E-state index contributed by atoms with van der Waals surface area (Å²) in [7, 11) is 0. The van der Waals surface area contributed by atoms with Crippen LogP contribution in [0.4, 0.5) is 11.4 Å². The van der Waals surface area contributed by atoms with Gasteiger partial charge in [-0.15, -0.1) is 0 Å².